The van der Waals surface area contributed by atoms with Crippen molar-refractivity contribution in [1.82, 2.24) is 4.90 Å². The number of nitrogens with zero attached hydrogens (tertiary/aromatic N) is 1. The first kappa shape index (κ1) is 15.3. The van der Waals surface area contributed by atoms with E-state index in [0.29, 0.717) is 34.6 Å². The van der Waals surface area contributed by atoms with Crippen LogP contribution in [-0.2, 0) is 6.54 Å². The second-order valence-corrected chi connectivity index (χ2v) is 5.48. The summed E-state index contributed by atoms with van der Waals surface area (Å²) in [6.45, 7) is 5.39. The molecular weight excluding hydrogens is 271 g/mol. The summed E-state index contributed by atoms with van der Waals surface area (Å²) >= 11 is 10.6. The van der Waals surface area contributed by atoms with Crippen LogP contribution in [0.3, 0.4) is 0 Å². The van der Waals surface area contributed by atoms with Crippen LogP contribution in [-0.4, -0.2) is 22.5 Å². The minimum atomic E-state index is -0.275. The third-order valence-corrected chi connectivity index (χ3v) is 3.20. The molecule has 0 heterocycles. The molecule has 5 heteroatoms. The molecule has 1 aromatic carbocycles. The van der Waals surface area contributed by atoms with Crippen molar-refractivity contribution >= 4 is 28.8 Å². The Kier molecular flexibility index (Phi) is 5.99. The molecule has 1 aromatic rings. The predicted octanol–water partition coefficient (Wildman–Crippen LogP) is 3.37. The quantitative estimate of drug-likeness (QED) is 0.814. The van der Waals surface area contributed by atoms with Gasteiger partial charge in [0.2, 0.25) is 0 Å². The highest BCUT2D eigenvalue weighted by molar-refractivity contribution is 7.80. The normalized spacial score (nSPS) is 11.2. The Morgan fingerprint density at radius 1 is 1.50 bits per heavy atom. The average Bonchev–Trinajstić information content (AvgIpc) is 2.26. The maximum atomic E-state index is 13.7. The van der Waals surface area contributed by atoms with E-state index in [-0.39, 0.29) is 5.82 Å². The smallest absolute Gasteiger partial charge is 0.129 e. The van der Waals surface area contributed by atoms with Gasteiger partial charge in [0.15, 0.2) is 0 Å². The number of nitrogens with two attached hydrogens (primary N) is 1. The zero-order chi connectivity index (χ0) is 13.7. The lowest BCUT2D eigenvalue weighted by Gasteiger charge is -2.26. The van der Waals surface area contributed by atoms with Gasteiger partial charge >= 0.3 is 0 Å². The molecule has 0 saturated carbocycles. The van der Waals surface area contributed by atoms with Crippen molar-refractivity contribution in [2.24, 2.45) is 5.73 Å². The molecule has 0 bridgehead atoms. The van der Waals surface area contributed by atoms with E-state index in [4.69, 9.17) is 29.6 Å². The molecule has 18 heavy (non-hydrogen) atoms. The highest BCUT2D eigenvalue weighted by Gasteiger charge is 2.13. The SMILES string of the molecule is CC(C)N(CCC(N)=S)Cc1ccc(Cl)cc1F. The number of rotatable bonds is 6. The number of hydrogen-bond acceptors (Lipinski definition) is 2. The van der Waals surface area contributed by atoms with Crippen LogP contribution >= 0.6 is 23.8 Å². The lowest BCUT2D eigenvalue weighted by molar-refractivity contribution is 0.216. The zero-order valence-electron chi connectivity index (χ0n) is 10.6. The van der Waals surface area contributed by atoms with Gasteiger partial charge in [-0.25, -0.2) is 4.39 Å². The van der Waals surface area contributed by atoms with Gasteiger partial charge < -0.3 is 5.73 Å². The van der Waals surface area contributed by atoms with Gasteiger partial charge in [-0.3, -0.25) is 4.90 Å². The summed E-state index contributed by atoms with van der Waals surface area (Å²) in [4.78, 5) is 2.61. The summed E-state index contributed by atoms with van der Waals surface area (Å²) in [5.74, 6) is -0.275. The van der Waals surface area contributed by atoms with E-state index < -0.39 is 0 Å². The van der Waals surface area contributed by atoms with Gasteiger partial charge in [-0.15, -0.1) is 0 Å². The highest BCUT2D eigenvalue weighted by atomic mass is 35.5. The fraction of sp³-hybridized carbons (Fsp3) is 0.462. The molecule has 0 radical (unpaired) electrons. The van der Waals surface area contributed by atoms with Crippen molar-refractivity contribution in [2.75, 3.05) is 6.54 Å². The summed E-state index contributed by atoms with van der Waals surface area (Å²) < 4.78 is 13.7. The van der Waals surface area contributed by atoms with Gasteiger partial charge in [0.05, 0.1) is 4.99 Å². The van der Waals surface area contributed by atoms with Gasteiger partial charge in [-0.2, -0.15) is 0 Å². The number of halogens is 2. The average molecular weight is 289 g/mol. The lowest BCUT2D eigenvalue weighted by Crippen LogP contribution is -2.33. The Morgan fingerprint density at radius 2 is 2.17 bits per heavy atom. The van der Waals surface area contributed by atoms with E-state index in [1.165, 1.54) is 6.07 Å². The molecule has 2 nitrogen and oxygen atoms in total. The minimum absolute atomic E-state index is 0.275. The van der Waals surface area contributed by atoms with Gasteiger partial charge in [0, 0.05) is 36.1 Å². The van der Waals surface area contributed by atoms with Crippen molar-refractivity contribution in [2.45, 2.75) is 32.9 Å². The van der Waals surface area contributed by atoms with Gasteiger partial charge in [0.1, 0.15) is 5.82 Å². The van der Waals surface area contributed by atoms with Crippen LogP contribution in [0.15, 0.2) is 18.2 Å². The monoisotopic (exact) mass is 288 g/mol. The number of thiocarbonyl (C=S) groups is 1. The summed E-state index contributed by atoms with van der Waals surface area (Å²) in [7, 11) is 0. The van der Waals surface area contributed by atoms with Gasteiger partial charge in [-0.1, -0.05) is 29.9 Å². The van der Waals surface area contributed by atoms with Crippen molar-refractivity contribution < 1.29 is 4.39 Å². The third-order valence-electron chi connectivity index (χ3n) is 2.76. The molecule has 0 aromatic heterocycles. The molecule has 0 saturated heterocycles. The fourth-order valence-corrected chi connectivity index (χ4v) is 1.89. The van der Waals surface area contributed by atoms with E-state index in [9.17, 15) is 4.39 Å². The van der Waals surface area contributed by atoms with Gasteiger partial charge in [0.25, 0.3) is 0 Å². The Bertz CT molecular complexity index is 423. The molecule has 0 unspecified atom stereocenters. The molecule has 0 aliphatic heterocycles. The third kappa shape index (κ3) is 4.88. The Labute approximate surface area is 118 Å². The van der Waals surface area contributed by atoms with E-state index in [0.717, 1.165) is 6.54 Å². The Morgan fingerprint density at radius 3 is 2.67 bits per heavy atom. The van der Waals surface area contributed by atoms with Crippen LogP contribution in [0, 0.1) is 5.82 Å². The second-order valence-electron chi connectivity index (χ2n) is 4.52. The molecule has 0 aliphatic carbocycles. The molecular formula is C13H18ClFN2S. The van der Waals surface area contributed by atoms with E-state index >= 15 is 0 Å². The minimum Gasteiger partial charge on any atom is -0.393 e. The van der Waals surface area contributed by atoms with Crippen LogP contribution in [0.5, 0.6) is 0 Å². The predicted molar refractivity (Wildman–Crippen MR) is 78.4 cm³/mol. The standard InChI is InChI=1S/C13H18ClFN2S/c1-9(2)17(6-5-13(16)18)8-10-3-4-11(14)7-12(10)15/h3-4,7,9H,5-6,8H2,1-2H3,(H2,16,18). The van der Waals surface area contributed by atoms with Crippen molar-refractivity contribution in [3.63, 3.8) is 0 Å². The number of hydrogen-bond donors (Lipinski definition) is 1. The summed E-state index contributed by atoms with van der Waals surface area (Å²) in [5.41, 5.74) is 6.13. The first-order chi connectivity index (χ1) is 8.40. The van der Waals surface area contributed by atoms with E-state index in [1.54, 1.807) is 12.1 Å². The first-order valence-electron chi connectivity index (χ1n) is 5.86. The van der Waals surface area contributed by atoms with E-state index in [2.05, 4.69) is 18.7 Å². The summed E-state index contributed by atoms with van der Waals surface area (Å²) in [5, 5.41) is 0.412. The second kappa shape index (κ2) is 7.02. The van der Waals surface area contributed by atoms with Crippen molar-refractivity contribution in [1.29, 1.82) is 0 Å². The molecule has 0 fully saturated rings. The lowest BCUT2D eigenvalue weighted by atomic mass is 10.1. The molecule has 0 spiro atoms. The van der Waals surface area contributed by atoms with Gasteiger partial charge in [-0.05, 0) is 26.0 Å². The molecule has 100 valence electrons. The Balaban J connectivity index is 2.73. The molecule has 0 atom stereocenters. The van der Waals surface area contributed by atoms with Crippen LogP contribution in [0.25, 0.3) is 0 Å². The van der Waals surface area contributed by atoms with Crippen LogP contribution in [0.1, 0.15) is 25.8 Å². The molecule has 0 amide bonds. The molecule has 0 aliphatic rings. The fourth-order valence-electron chi connectivity index (χ4n) is 1.64. The Hall–Kier alpha value is -0.710. The molecule has 2 N–H and O–H groups in total. The van der Waals surface area contributed by atoms with E-state index in [1.807, 2.05) is 0 Å². The van der Waals surface area contributed by atoms with Crippen LogP contribution in [0.2, 0.25) is 5.02 Å². The molecule has 1 rings (SSSR count). The maximum Gasteiger partial charge on any atom is 0.129 e. The maximum absolute atomic E-state index is 13.7. The highest BCUT2D eigenvalue weighted by Crippen LogP contribution is 2.17. The number of benzene rings is 1. The van der Waals surface area contributed by atoms with Crippen LogP contribution in [0.4, 0.5) is 4.39 Å². The first-order valence-corrected chi connectivity index (χ1v) is 6.65. The topological polar surface area (TPSA) is 29.3 Å². The summed E-state index contributed by atoms with van der Waals surface area (Å²) in [6, 6.07) is 5.05. The van der Waals surface area contributed by atoms with Crippen molar-refractivity contribution in [3.8, 4) is 0 Å². The van der Waals surface area contributed by atoms with Crippen LogP contribution < -0.4 is 5.73 Å². The van der Waals surface area contributed by atoms with Crippen molar-refractivity contribution in [3.05, 3.63) is 34.6 Å². The summed E-state index contributed by atoms with van der Waals surface area (Å²) in [6.07, 6.45) is 0.642. The zero-order valence-corrected chi connectivity index (χ0v) is 12.2. The largest absolute Gasteiger partial charge is 0.393 e.